The molecule has 0 aliphatic carbocycles. The molecule has 2 amide bonds. The highest BCUT2D eigenvalue weighted by Crippen LogP contribution is 2.24. The summed E-state index contributed by atoms with van der Waals surface area (Å²) in [6.45, 7) is 0.599. The van der Waals surface area contributed by atoms with Gasteiger partial charge in [-0.25, -0.2) is 0 Å². The number of nitrogens with zero attached hydrogens (tertiary/aromatic N) is 2. The first kappa shape index (κ1) is 13.0. The van der Waals surface area contributed by atoms with E-state index in [2.05, 4.69) is 12.6 Å². The summed E-state index contributed by atoms with van der Waals surface area (Å²) in [5.41, 5.74) is 1.36. The monoisotopic (exact) mass is 264 g/mol. The van der Waals surface area contributed by atoms with E-state index in [1.54, 1.807) is 37.2 Å². The van der Waals surface area contributed by atoms with Gasteiger partial charge in [0.25, 0.3) is 5.91 Å². The maximum absolute atomic E-state index is 11.9. The molecule has 18 heavy (non-hydrogen) atoms. The molecule has 1 atom stereocenters. The second kappa shape index (κ2) is 5.02. The Bertz CT molecular complexity index is 488. The highest BCUT2D eigenvalue weighted by Gasteiger charge is 2.28. The summed E-state index contributed by atoms with van der Waals surface area (Å²) < 4.78 is 0. The Morgan fingerprint density at radius 1 is 1.44 bits per heavy atom. The van der Waals surface area contributed by atoms with E-state index in [9.17, 15) is 9.59 Å². The van der Waals surface area contributed by atoms with E-state index >= 15 is 0 Å². The molecule has 1 unspecified atom stereocenters. The van der Waals surface area contributed by atoms with E-state index in [1.807, 2.05) is 6.07 Å². The molecule has 5 heteroatoms. The minimum Gasteiger partial charge on any atom is -0.345 e. The summed E-state index contributed by atoms with van der Waals surface area (Å²) >= 11 is 4.32. The highest BCUT2D eigenvalue weighted by molar-refractivity contribution is 7.81. The summed E-state index contributed by atoms with van der Waals surface area (Å²) in [5.74, 6) is -0.00429. The number of carbonyl (C=O) groups is 2. The van der Waals surface area contributed by atoms with Crippen LogP contribution >= 0.6 is 12.6 Å². The molecule has 96 valence electrons. The lowest BCUT2D eigenvalue weighted by molar-refractivity contribution is -0.117. The molecule has 1 saturated heterocycles. The molecule has 1 aliphatic rings. The van der Waals surface area contributed by atoms with Crippen molar-refractivity contribution in [2.45, 2.75) is 11.7 Å². The largest absolute Gasteiger partial charge is 0.345 e. The van der Waals surface area contributed by atoms with Crippen molar-refractivity contribution in [2.24, 2.45) is 0 Å². The van der Waals surface area contributed by atoms with Crippen molar-refractivity contribution in [3.8, 4) is 0 Å². The van der Waals surface area contributed by atoms with Gasteiger partial charge in [0.15, 0.2) is 0 Å². The van der Waals surface area contributed by atoms with E-state index in [0.29, 0.717) is 18.5 Å². The second-order valence-electron chi connectivity index (χ2n) is 4.61. The van der Waals surface area contributed by atoms with Crippen molar-refractivity contribution in [1.82, 2.24) is 4.90 Å². The lowest BCUT2D eigenvalue weighted by Crippen LogP contribution is -2.26. The Hall–Kier alpha value is -1.49. The Balaban J connectivity index is 2.28. The molecule has 0 aromatic heterocycles. The van der Waals surface area contributed by atoms with Crippen LogP contribution in [0.2, 0.25) is 0 Å². The number of thiol groups is 1. The summed E-state index contributed by atoms with van der Waals surface area (Å²) in [7, 11) is 3.42. The van der Waals surface area contributed by atoms with E-state index in [0.717, 1.165) is 5.69 Å². The van der Waals surface area contributed by atoms with Crippen LogP contribution in [-0.2, 0) is 4.79 Å². The minimum atomic E-state index is -0.0640. The lowest BCUT2D eigenvalue weighted by atomic mass is 10.1. The molecule has 1 aromatic rings. The average molecular weight is 264 g/mol. The Kier molecular flexibility index (Phi) is 3.61. The third-order valence-corrected chi connectivity index (χ3v) is 3.26. The number of carbonyl (C=O) groups excluding carboxylic acids is 2. The van der Waals surface area contributed by atoms with Crippen molar-refractivity contribution >= 4 is 30.1 Å². The van der Waals surface area contributed by atoms with Gasteiger partial charge >= 0.3 is 0 Å². The van der Waals surface area contributed by atoms with Crippen LogP contribution in [0.5, 0.6) is 0 Å². The van der Waals surface area contributed by atoms with E-state index < -0.39 is 0 Å². The standard InChI is InChI=1S/C13H16N2O2S/c1-14(2)13(17)9-4-3-5-10(6-9)15-8-11(18)7-12(15)16/h3-6,11,18H,7-8H2,1-2H3. The first-order valence-electron chi connectivity index (χ1n) is 5.79. The highest BCUT2D eigenvalue weighted by atomic mass is 32.1. The number of benzene rings is 1. The van der Waals surface area contributed by atoms with Gasteiger partial charge in [0.1, 0.15) is 0 Å². The molecule has 1 fully saturated rings. The van der Waals surface area contributed by atoms with Gasteiger partial charge in [0, 0.05) is 43.6 Å². The van der Waals surface area contributed by atoms with Crippen LogP contribution in [-0.4, -0.2) is 42.6 Å². The summed E-state index contributed by atoms with van der Waals surface area (Å²) in [5, 5.41) is 0.0747. The summed E-state index contributed by atoms with van der Waals surface area (Å²) in [6, 6.07) is 7.15. The van der Waals surface area contributed by atoms with Crippen molar-refractivity contribution in [2.75, 3.05) is 25.5 Å². The van der Waals surface area contributed by atoms with Gasteiger partial charge in [-0.3, -0.25) is 9.59 Å². The Morgan fingerprint density at radius 3 is 2.72 bits per heavy atom. The van der Waals surface area contributed by atoms with Crippen LogP contribution < -0.4 is 4.90 Å². The van der Waals surface area contributed by atoms with Gasteiger partial charge in [0.2, 0.25) is 5.91 Å². The molecule has 0 N–H and O–H groups in total. The zero-order valence-electron chi connectivity index (χ0n) is 10.5. The normalized spacial score (nSPS) is 19.2. The van der Waals surface area contributed by atoms with E-state index in [-0.39, 0.29) is 17.1 Å². The van der Waals surface area contributed by atoms with Gasteiger partial charge in [-0.2, -0.15) is 12.6 Å². The van der Waals surface area contributed by atoms with Gasteiger partial charge in [-0.15, -0.1) is 0 Å². The molecule has 4 nitrogen and oxygen atoms in total. The third kappa shape index (κ3) is 2.51. The molecular weight excluding hydrogens is 248 g/mol. The molecule has 1 aromatic carbocycles. The first-order chi connectivity index (χ1) is 8.49. The van der Waals surface area contributed by atoms with Gasteiger partial charge < -0.3 is 9.80 Å². The number of hydrogen-bond donors (Lipinski definition) is 1. The fourth-order valence-electron chi connectivity index (χ4n) is 2.00. The molecule has 1 heterocycles. The number of rotatable bonds is 2. The molecule has 0 bridgehead atoms. The SMILES string of the molecule is CN(C)C(=O)c1cccc(N2CC(S)CC2=O)c1. The fourth-order valence-corrected chi connectivity index (χ4v) is 2.32. The molecule has 0 saturated carbocycles. The molecular formula is C13H16N2O2S. The average Bonchev–Trinajstić information content (AvgIpc) is 2.67. The number of amides is 2. The molecule has 1 aliphatic heterocycles. The minimum absolute atomic E-state index is 0.0597. The summed E-state index contributed by atoms with van der Waals surface area (Å²) in [4.78, 5) is 26.9. The van der Waals surface area contributed by atoms with Crippen LogP contribution in [0.1, 0.15) is 16.8 Å². The first-order valence-corrected chi connectivity index (χ1v) is 6.31. The van der Waals surface area contributed by atoms with E-state index in [1.165, 1.54) is 4.90 Å². The molecule has 0 spiro atoms. The van der Waals surface area contributed by atoms with Gasteiger partial charge in [-0.1, -0.05) is 6.07 Å². The van der Waals surface area contributed by atoms with Crippen LogP contribution in [0.25, 0.3) is 0 Å². The van der Waals surface area contributed by atoms with Gasteiger partial charge in [0.05, 0.1) is 0 Å². The van der Waals surface area contributed by atoms with Crippen LogP contribution in [0.4, 0.5) is 5.69 Å². The predicted octanol–water partition coefficient (Wildman–Crippen LogP) is 1.42. The smallest absolute Gasteiger partial charge is 0.253 e. The van der Waals surface area contributed by atoms with Crippen molar-refractivity contribution < 1.29 is 9.59 Å². The Labute approximate surface area is 112 Å². The second-order valence-corrected chi connectivity index (χ2v) is 5.34. The van der Waals surface area contributed by atoms with Gasteiger partial charge in [-0.05, 0) is 18.2 Å². The van der Waals surface area contributed by atoms with E-state index in [4.69, 9.17) is 0 Å². The number of anilines is 1. The third-order valence-electron chi connectivity index (χ3n) is 2.92. The fraction of sp³-hybridized carbons (Fsp3) is 0.385. The van der Waals surface area contributed by atoms with Crippen LogP contribution in [0.15, 0.2) is 24.3 Å². The molecule has 0 radical (unpaired) electrons. The maximum atomic E-state index is 11.9. The zero-order chi connectivity index (χ0) is 13.3. The van der Waals surface area contributed by atoms with Crippen molar-refractivity contribution in [3.63, 3.8) is 0 Å². The van der Waals surface area contributed by atoms with Crippen molar-refractivity contribution in [1.29, 1.82) is 0 Å². The topological polar surface area (TPSA) is 40.6 Å². The molecule has 2 rings (SSSR count). The quantitative estimate of drug-likeness (QED) is 0.821. The summed E-state index contributed by atoms with van der Waals surface area (Å²) in [6.07, 6.45) is 0.453. The lowest BCUT2D eigenvalue weighted by Gasteiger charge is -2.17. The Morgan fingerprint density at radius 2 is 2.17 bits per heavy atom. The van der Waals surface area contributed by atoms with Crippen LogP contribution in [0.3, 0.4) is 0 Å². The van der Waals surface area contributed by atoms with Crippen LogP contribution in [0, 0.1) is 0 Å². The zero-order valence-corrected chi connectivity index (χ0v) is 11.4. The number of hydrogen-bond acceptors (Lipinski definition) is 3. The maximum Gasteiger partial charge on any atom is 0.253 e. The predicted molar refractivity (Wildman–Crippen MR) is 74.2 cm³/mol. The van der Waals surface area contributed by atoms with Crippen molar-refractivity contribution in [3.05, 3.63) is 29.8 Å².